The minimum Gasteiger partial charge on any atom is -0.465 e. The smallest absolute Gasteiger partial charge is 0.368 e. The van der Waals surface area contributed by atoms with E-state index in [0.29, 0.717) is 53.9 Å². The lowest BCUT2D eigenvalue weighted by molar-refractivity contribution is 0.295. The van der Waals surface area contributed by atoms with Crippen LogP contribution in [0.2, 0.25) is 5.15 Å². The molecule has 39 heteroatoms. The van der Waals surface area contributed by atoms with E-state index in [0.717, 1.165) is 39.4 Å². The summed E-state index contributed by atoms with van der Waals surface area (Å²) >= 11 is 14.2. The fourth-order valence-electron chi connectivity index (χ4n) is 6.50. The predicted molar refractivity (Wildman–Crippen MR) is 296 cm³/mol. The van der Waals surface area contributed by atoms with Crippen molar-refractivity contribution in [3.05, 3.63) is 181 Å². The van der Waals surface area contributed by atoms with Crippen LogP contribution < -0.4 is 41.7 Å². The Morgan fingerprint density at radius 2 is 0.843 bits per heavy atom. The molecule has 0 spiro atoms. The second kappa shape index (κ2) is 27.3. The molecular formula is C44H37BrClFN24O8S4. The third kappa shape index (κ3) is 14.2. The van der Waals surface area contributed by atoms with Gasteiger partial charge in [0.25, 0.3) is 20.8 Å². The van der Waals surface area contributed by atoms with E-state index in [4.69, 9.17) is 36.0 Å². The number of rotatable bonds is 16. The number of thiazole rings is 4. The van der Waals surface area contributed by atoms with Crippen LogP contribution in [0.25, 0.3) is 22.7 Å². The average Bonchev–Trinajstić information content (AvgIpc) is 2.56. The highest BCUT2D eigenvalue weighted by Gasteiger charge is 2.20. The Morgan fingerprint density at radius 1 is 0.482 bits per heavy atom. The van der Waals surface area contributed by atoms with Crippen LogP contribution in [0.5, 0.6) is 20.8 Å². The van der Waals surface area contributed by atoms with Gasteiger partial charge in [0.2, 0.25) is 5.95 Å². The maximum absolute atomic E-state index is 14.0. The normalized spacial score (nSPS) is 11.4. The molecule has 12 heterocycles. The summed E-state index contributed by atoms with van der Waals surface area (Å²) in [6.45, 7) is 0.127. The first-order valence-electron chi connectivity index (χ1n) is 24.8. The lowest BCUT2D eigenvalue weighted by Crippen LogP contribution is -2.23. The molecule has 12 aromatic rings. The van der Waals surface area contributed by atoms with Gasteiger partial charge < -0.3 is 18.9 Å². The van der Waals surface area contributed by atoms with Crippen LogP contribution in [0.3, 0.4) is 0 Å². The van der Waals surface area contributed by atoms with Crippen molar-refractivity contribution in [2.45, 2.75) is 26.4 Å². The van der Waals surface area contributed by atoms with Crippen molar-refractivity contribution in [1.82, 2.24) is 119 Å². The summed E-state index contributed by atoms with van der Waals surface area (Å²) in [5.74, 6) is -0.780. The topological polar surface area (TPSA) is 351 Å². The van der Waals surface area contributed by atoms with Crippen LogP contribution in [0.4, 0.5) is 4.39 Å². The van der Waals surface area contributed by atoms with Crippen molar-refractivity contribution >= 4 is 72.9 Å². The van der Waals surface area contributed by atoms with Gasteiger partial charge in [-0.1, -0.05) is 56.9 Å². The van der Waals surface area contributed by atoms with E-state index in [1.54, 1.807) is 52.9 Å². The van der Waals surface area contributed by atoms with E-state index in [9.17, 15) is 23.6 Å². The van der Waals surface area contributed by atoms with Gasteiger partial charge in [0.15, 0.2) is 0 Å². The largest absolute Gasteiger partial charge is 0.465 e. The van der Waals surface area contributed by atoms with Crippen LogP contribution in [0, 0.1) is 5.95 Å². The number of nitrogens with zero attached hydrogens (tertiary/aromatic N) is 24. The second-order valence-electron chi connectivity index (χ2n) is 15.6. The van der Waals surface area contributed by atoms with E-state index < -0.39 is 17.3 Å². The summed E-state index contributed by atoms with van der Waals surface area (Å²) in [5.41, 5.74) is 1.85. The number of aromatic nitrogens is 24. The first-order valence-corrected chi connectivity index (χ1v) is 27.5. The zero-order valence-electron chi connectivity index (χ0n) is 46.6. The number of pyridine rings is 4. The number of hydrogen-bond donors (Lipinski definition) is 0. The molecule has 0 fully saturated rings. The Labute approximate surface area is 497 Å². The molecule has 12 aromatic heterocycles. The highest BCUT2D eigenvalue weighted by molar-refractivity contribution is 9.10. The van der Waals surface area contributed by atoms with Crippen molar-refractivity contribution in [2.24, 2.45) is 28.2 Å². The molecule has 32 nitrogen and oxygen atoms in total. The minimum absolute atomic E-state index is 0.0397. The van der Waals surface area contributed by atoms with Gasteiger partial charge in [0, 0.05) is 117 Å². The van der Waals surface area contributed by atoms with Gasteiger partial charge in [0.1, 0.15) is 36.2 Å². The van der Waals surface area contributed by atoms with E-state index in [1.165, 1.54) is 95.4 Å². The van der Waals surface area contributed by atoms with Gasteiger partial charge in [-0.15, -0.1) is 0 Å². The summed E-state index contributed by atoms with van der Waals surface area (Å²) < 4.78 is 74.6. The SMILES string of the molecule is [3H]c1csc(OCc2c(-n3nnn(C)c3=O)ccnc2Br)n1.[3H]c1csc(OCc2c(-n3nnn(C)c3=O)ccnc2Cl)n1.[3H]c1csc(OCc2c(-n3nnn(C)c3=O)ccnc2F)n1.[3H]c1csc(OCc2cnccc2-n2nnn(C)c2=O)n1. The van der Waals surface area contributed by atoms with Gasteiger partial charge >= 0.3 is 22.8 Å². The van der Waals surface area contributed by atoms with Gasteiger partial charge in [0.05, 0.1) is 39.4 Å². The Kier molecular flexibility index (Phi) is 17.4. The number of aryl methyl sites for hydroxylation is 4. The molecule has 0 N–H and O–H groups in total. The number of ether oxygens (including phenoxy) is 4. The van der Waals surface area contributed by atoms with Crippen LogP contribution in [-0.4, -0.2) is 119 Å². The molecule has 12 rings (SSSR count). The summed E-state index contributed by atoms with van der Waals surface area (Å²) in [5, 5.41) is 37.4. The Balaban J connectivity index is 0.000000138. The number of halogens is 3. The first-order chi connectivity index (χ1) is 41.8. The summed E-state index contributed by atoms with van der Waals surface area (Å²) in [6.07, 6.45) is 7.89. The van der Waals surface area contributed by atoms with E-state index in [2.05, 4.69) is 97.5 Å². The summed E-state index contributed by atoms with van der Waals surface area (Å²) in [6, 6.07) is 6.35. The molecule has 0 aliphatic carbocycles. The Bertz CT molecular complexity index is 4260. The van der Waals surface area contributed by atoms with Crippen molar-refractivity contribution < 1.29 is 28.8 Å². The lowest BCUT2D eigenvalue weighted by atomic mass is 10.2. The Morgan fingerprint density at radius 3 is 1.27 bits per heavy atom. The summed E-state index contributed by atoms with van der Waals surface area (Å²) in [4.78, 5) is 78.9. The molecule has 0 radical (unpaired) electrons. The summed E-state index contributed by atoms with van der Waals surface area (Å²) in [7, 11) is 5.97. The number of tetrazole rings is 4. The zero-order valence-corrected chi connectivity index (χ0v) is 48.2. The van der Waals surface area contributed by atoms with Crippen molar-refractivity contribution in [1.29, 1.82) is 0 Å². The van der Waals surface area contributed by atoms with Gasteiger partial charge in [-0.05, 0) is 81.9 Å². The highest BCUT2D eigenvalue weighted by Crippen LogP contribution is 2.26. The molecule has 0 unspecified atom stereocenters. The van der Waals surface area contributed by atoms with Crippen LogP contribution in [0.1, 0.15) is 27.7 Å². The van der Waals surface area contributed by atoms with Crippen molar-refractivity contribution in [2.75, 3.05) is 0 Å². The molecule has 0 saturated heterocycles. The second-order valence-corrected chi connectivity index (χ2v) is 20.0. The molecule has 0 atom stereocenters. The van der Waals surface area contributed by atoms with E-state index >= 15 is 0 Å². The molecule has 0 aliphatic rings. The number of hydrogen-bond acceptors (Lipinski definition) is 28. The fraction of sp³-hybridized carbons (Fsp3) is 0.182. The van der Waals surface area contributed by atoms with Crippen molar-refractivity contribution in [3.63, 3.8) is 0 Å². The third-order valence-corrected chi connectivity index (χ3v) is 14.0. The maximum atomic E-state index is 14.0. The Hall–Kier alpha value is -9.50. The van der Waals surface area contributed by atoms with Crippen LogP contribution >= 0.6 is 72.9 Å². The third-order valence-electron chi connectivity index (χ3n) is 10.5. The first kappa shape index (κ1) is 52.8. The average molecular weight is 1300 g/mol. The van der Waals surface area contributed by atoms with Crippen LogP contribution in [0.15, 0.2) is 125 Å². The van der Waals surface area contributed by atoms with Crippen LogP contribution in [-0.2, 0) is 54.6 Å². The molecule has 0 aromatic carbocycles. The van der Waals surface area contributed by atoms with E-state index in [1.807, 2.05) is 0 Å². The fourth-order valence-corrected chi connectivity index (χ4v) is 8.90. The monoisotopic (exact) mass is 1300 g/mol. The van der Waals surface area contributed by atoms with Gasteiger partial charge in [-0.25, -0.2) is 54.1 Å². The zero-order chi connectivity index (χ0) is 61.9. The van der Waals surface area contributed by atoms with E-state index in [-0.39, 0.29) is 84.1 Å². The molecule has 83 heavy (non-hydrogen) atoms. The molecule has 426 valence electrons. The lowest BCUT2D eigenvalue weighted by Gasteiger charge is -2.09. The van der Waals surface area contributed by atoms with Crippen molar-refractivity contribution in [3.8, 4) is 43.5 Å². The molecule has 0 amide bonds. The maximum Gasteiger partial charge on any atom is 0.368 e. The molecule has 0 saturated carbocycles. The molecule has 0 aliphatic heterocycles. The molecule has 0 bridgehead atoms. The van der Waals surface area contributed by atoms with Gasteiger partial charge in [-0.2, -0.15) is 41.8 Å². The van der Waals surface area contributed by atoms with Gasteiger partial charge in [-0.3, -0.25) is 4.98 Å². The highest BCUT2D eigenvalue weighted by atomic mass is 79.9. The standard InChI is InChI=1S/C11H9BrN6O2S.C11H9ClN6O2S.C11H9FN6O2S.C11H10N6O2S/c3*1-17-11(19)18(16-15-17)8-2-3-13-9(12)7(8)6-20-10-14-4-5-21-10;1-16-11(18)17(15-14-16)9-2-3-12-6-8(9)7-19-10-13-4-5-20-10/h3*2-5H,6H2,1H3;2-6H,7H2,1H3/i4*4T. The predicted octanol–water partition coefficient (Wildman–Crippen LogP) is 3.14. The quantitative estimate of drug-likeness (QED) is 0.125. The minimum atomic E-state index is -0.780. The molecular weight excluding hydrogens is 1260 g/mol.